The van der Waals surface area contributed by atoms with Crippen LogP contribution < -0.4 is 16.2 Å². The minimum atomic E-state index is 0.386. The number of nitrogens with one attached hydrogen (secondary N) is 1. The summed E-state index contributed by atoms with van der Waals surface area (Å²) in [5.41, 5.74) is 2.46. The minimum Gasteiger partial charge on any atom is -0.353 e. The zero-order valence-corrected chi connectivity index (χ0v) is 11.5. The van der Waals surface area contributed by atoms with Gasteiger partial charge >= 0.3 is 0 Å². The first-order valence-electron chi connectivity index (χ1n) is 5.36. The molecule has 0 saturated heterocycles. The van der Waals surface area contributed by atoms with E-state index < -0.39 is 0 Å². The van der Waals surface area contributed by atoms with E-state index in [1.54, 1.807) is 6.20 Å². The molecule has 90 valence electrons. The van der Waals surface area contributed by atoms with E-state index in [0.717, 1.165) is 23.3 Å². The molecule has 0 amide bonds. The average Bonchev–Trinajstić information content (AvgIpc) is 2.27. The lowest BCUT2D eigenvalue weighted by Crippen LogP contribution is -2.33. The quantitative estimate of drug-likeness (QED) is 0.642. The normalized spacial score (nSPS) is 10.6. The Morgan fingerprint density at radius 2 is 2.25 bits per heavy atom. The summed E-state index contributed by atoms with van der Waals surface area (Å²) in [4.78, 5) is 10.6. The highest BCUT2D eigenvalue weighted by molar-refractivity contribution is 9.10. The van der Waals surface area contributed by atoms with E-state index in [-0.39, 0.29) is 0 Å². The van der Waals surface area contributed by atoms with E-state index in [1.165, 1.54) is 0 Å². The summed E-state index contributed by atoms with van der Waals surface area (Å²) in [7, 11) is 0. The van der Waals surface area contributed by atoms with Crippen molar-refractivity contribution in [1.29, 1.82) is 0 Å². The van der Waals surface area contributed by atoms with Crippen molar-refractivity contribution in [3.63, 3.8) is 0 Å². The number of halogens is 1. The van der Waals surface area contributed by atoms with Crippen LogP contribution in [0.3, 0.4) is 0 Å². The van der Waals surface area contributed by atoms with E-state index in [4.69, 9.17) is 5.84 Å². The van der Waals surface area contributed by atoms with Crippen LogP contribution in [0.5, 0.6) is 0 Å². The van der Waals surface area contributed by atoms with Crippen LogP contribution in [0.15, 0.2) is 10.7 Å². The molecule has 5 nitrogen and oxygen atoms in total. The molecule has 0 aliphatic carbocycles. The fraction of sp³-hybridized carbons (Fsp3) is 0.600. The molecular weight excluding hydrogens is 270 g/mol. The van der Waals surface area contributed by atoms with Gasteiger partial charge in [-0.2, -0.15) is 4.98 Å². The molecule has 1 rings (SSSR count). The van der Waals surface area contributed by atoms with Crippen LogP contribution in [-0.4, -0.2) is 22.6 Å². The first-order chi connectivity index (χ1) is 7.60. The lowest BCUT2D eigenvalue weighted by molar-refractivity contribution is 0.660. The standard InChI is InChI=1S/C10H18BrN5/c1-4-5-16(7(2)3)9-8(11)6-13-10(14-9)15-12/h6-7H,4-5,12H2,1-3H3,(H,13,14,15). The van der Waals surface area contributed by atoms with Crippen LogP contribution in [0.2, 0.25) is 0 Å². The van der Waals surface area contributed by atoms with E-state index in [1.807, 2.05) is 0 Å². The Hall–Kier alpha value is -0.880. The van der Waals surface area contributed by atoms with Crippen molar-refractivity contribution in [2.45, 2.75) is 33.2 Å². The molecule has 0 aliphatic rings. The van der Waals surface area contributed by atoms with Gasteiger partial charge in [0.25, 0.3) is 0 Å². The van der Waals surface area contributed by atoms with Gasteiger partial charge < -0.3 is 4.90 Å². The van der Waals surface area contributed by atoms with Crippen LogP contribution >= 0.6 is 15.9 Å². The lowest BCUT2D eigenvalue weighted by Gasteiger charge is -2.28. The molecule has 0 fully saturated rings. The summed E-state index contributed by atoms with van der Waals surface area (Å²) >= 11 is 3.46. The van der Waals surface area contributed by atoms with Gasteiger partial charge in [0.2, 0.25) is 5.95 Å². The lowest BCUT2D eigenvalue weighted by atomic mass is 10.3. The van der Waals surface area contributed by atoms with Gasteiger partial charge in [0.1, 0.15) is 5.82 Å². The fourth-order valence-corrected chi connectivity index (χ4v) is 1.90. The summed E-state index contributed by atoms with van der Waals surface area (Å²) in [6, 6.07) is 0.386. The first kappa shape index (κ1) is 13.2. The summed E-state index contributed by atoms with van der Waals surface area (Å²) in [6.45, 7) is 7.38. The molecule has 6 heteroatoms. The van der Waals surface area contributed by atoms with Gasteiger partial charge in [0.15, 0.2) is 0 Å². The van der Waals surface area contributed by atoms with Gasteiger partial charge in [0.05, 0.1) is 4.47 Å². The molecule has 1 heterocycles. The minimum absolute atomic E-state index is 0.386. The molecule has 3 N–H and O–H groups in total. The number of hydrogen-bond donors (Lipinski definition) is 2. The molecule has 0 unspecified atom stereocenters. The summed E-state index contributed by atoms with van der Waals surface area (Å²) in [6.07, 6.45) is 2.78. The third kappa shape index (κ3) is 3.05. The molecule has 0 aliphatic heterocycles. The van der Waals surface area contributed by atoms with E-state index in [2.05, 4.69) is 57.0 Å². The molecule has 0 saturated carbocycles. The molecule has 16 heavy (non-hydrogen) atoms. The Balaban J connectivity index is 3.06. The second-order valence-electron chi connectivity index (χ2n) is 3.80. The Bertz CT molecular complexity index is 342. The van der Waals surface area contributed by atoms with Crippen molar-refractivity contribution in [1.82, 2.24) is 9.97 Å². The molecule has 0 atom stereocenters. The SMILES string of the molecule is CCCN(c1nc(NN)ncc1Br)C(C)C. The Morgan fingerprint density at radius 1 is 1.56 bits per heavy atom. The number of rotatable bonds is 5. The number of nitrogen functional groups attached to an aromatic ring is 1. The van der Waals surface area contributed by atoms with Crippen LogP contribution in [0.25, 0.3) is 0 Å². The van der Waals surface area contributed by atoms with Crippen molar-refractivity contribution in [3.8, 4) is 0 Å². The third-order valence-corrected chi connectivity index (χ3v) is 2.77. The zero-order chi connectivity index (χ0) is 12.1. The summed E-state index contributed by atoms with van der Waals surface area (Å²) < 4.78 is 0.883. The average molecular weight is 288 g/mol. The first-order valence-corrected chi connectivity index (χ1v) is 6.15. The zero-order valence-electron chi connectivity index (χ0n) is 9.87. The molecule has 0 bridgehead atoms. The highest BCUT2D eigenvalue weighted by Gasteiger charge is 2.15. The summed E-state index contributed by atoms with van der Waals surface area (Å²) in [5.74, 6) is 6.62. The maximum absolute atomic E-state index is 5.31. The number of nitrogens with zero attached hydrogens (tertiary/aromatic N) is 3. The number of hydrogen-bond acceptors (Lipinski definition) is 5. The highest BCUT2D eigenvalue weighted by Crippen LogP contribution is 2.25. The molecule has 0 spiro atoms. The van der Waals surface area contributed by atoms with E-state index >= 15 is 0 Å². The predicted octanol–water partition coefficient (Wildman–Crippen LogP) is 2.15. The van der Waals surface area contributed by atoms with Crippen molar-refractivity contribution in [2.75, 3.05) is 16.9 Å². The van der Waals surface area contributed by atoms with Crippen LogP contribution in [0.4, 0.5) is 11.8 Å². The topological polar surface area (TPSA) is 67.1 Å². The van der Waals surface area contributed by atoms with Gasteiger partial charge in [-0.05, 0) is 36.2 Å². The Morgan fingerprint density at radius 3 is 2.75 bits per heavy atom. The van der Waals surface area contributed by atoms with Crippen molar-refractivity contribution in [3.05, 3.63) is 10.7 Å². The molecule has 0 radical (unpaired) electrons. The number of aromatic nitrogens is 2. The van der Waals surface area contributed by atoms with E-state index in [0.29, 0.717) is 12.0 Å². The van der Waals surface area contributed by atoms with Gasteiger partial charge in [-0.15, -0.1) is 0 Å². The number of hydrazine groups is 1. The third-order valence-electron chi connectivity index (χ3n) is 2.21. The van der Waals surface area contributed by atoms with Gasteiger partial charge in [-0.25, -0.2) is 10.8 Å². The molecule has 0 aromatic carbocycles. The number of nitrogens with two attached hydrogens (primary N) is 1. The fourth-order valence-electron chi connectivity index (χ4n) is 1.48. The largest absolute Gasteiger partial charge is 0.353 e. The van der Waals surface area contributed by atoms with Gasteiger partial charge in [-0.3, -0.25) is 5.43 Å². The summed E-state index contributed by atoms with van der Waals surface area (Å²) in [5, 5.41) is 0. The number of anilines is 2. The van der Waals surface area contributed by atoms with Crippen LogP contribution in [-0.2, 0) is 0 Å². The van der Waals surface area contributed by atoms with Crippen LogP contribution in [0.1, 0.15) is 27.2 Å². The Kier molecular flexibility index (Phi) is 4.95. The van der Waals surface area contributed by atoms with Gasteiger partial charge in [0, 0.05) is 18.8 Å². The molecule has 1 aromatic rings. The maximum atomic E-state index is 5.31. The smallest absolute Gasteiger partial charge is 0.239 e. The monoisotopic (exact) mass is 287 g/mol. The van der Waals surface area contributed by atoms with Crippen molar-refractivity contribution < 1.29 is 0 Å². The van der Waals surface area contributed by atoms with Crippen molar-refractivity contribution in [2.24, 2.45) is 5.84 Å². The van der Waals surface area contributed by atoms with Gasteiger partial charge in [-0.1, -0.05) is 6.92 Å². The highest BCUT2D eigenvalue weighted by atomic mass is 79.9. The Labute approximate surface area is 105 Å². The molecule has 1 aromatic heterocycles. The maximum Gasteiger partial charge on any atom is 0.239 e. The second-order valence-corrected chi connectivity index (χ2v) is 4.65. The van der Waals surface area contributed by atoms with Crippen molar-refractivity contribution >= 4 is 27.7 Å². The van der Waals surface area contributed by atoms with Crippen LogP contribution in [0, 0.1) is 0 Å². The molecular formula is C10H18BrN5. The second kappa shape index (κ2) is 6.00. The van der Waals surface area contributed by atoms with E-state index in [9.17, 15) is 0 Å². The predicted molar refractivity (Wildman–Crippen MR) is 70.3 cm³/mol.